The molecule has 1 aromatic carbocycles. The summed E-state index contributed by atoms with van der Waals surface area (Å²) in [5.74, 6) is 0.0168. The molecular weight excluding hydrogens is 258 g/mol. The van der Waals surface area contributed by atoms with Gasteiger partial charge in [-0.1, -0.05) is 0 Å². The van der Waals surface area contributed by atoms with Crippen molar-refractivity contribution in [3.8, 4) is 5.75 Å². The minimum Gasteiger partial charge on any atom is -0.490 e. The highest BCUT2D eigenvalue weighted by Crippen LogP contribution is 2.31. The van der Waals surface area contributed by atoms with Crippen molar-refractivity contribution in [2.75, 3.05) is 19.5 Å². The van der Waals surface area contributed by atoms with Crippen LogP contribution in [0.5, 0.6) is 5.75 Å². The van der Waals surface area contributed by atoms with Crippen molar-refractivity contribution in [2.45, 2.75) is 11.8 Å². The molecule has 98 valence electrons. The summed E-state index contributed by atoms with van der Waals surface area (Å²) in [5, 5.41) is 10.7. The summed E-state index contributed by atoms with van der Waals surface area (Å²) in [6, 6.07) is 4.46. The predicted octanol–water partition coefficient (Wildman–Crippen LogP) is 2.26. The first-order valence-corrected chi connectivity index (χ1v) is 6.18. The Morgan fingerprint density at radius 2 is 2.22 bits per heavy atom. The number of nitrogens with zero attached hydrogens (tertiary/aromatic N) is 1. The molecule has 0 aliphatic carbocycles. The van der Waals surface area contributed by atoms with Gasteiger partial charge in [0.05, 0.1) is 24.4 Å². The van der Waals surface area contributed by atoms with Gasteiger partial charge in [0.25, 0.3) is 0 Å². The fourth-order valence-electron chi connectivity index (χ4n) is 1.24. The van der Waals surface area contributed by atoms with Crippen molar-refractivity contribution in [2.24, 2.45) is 0 Å². The lowest BCUT2D eigenvalue weighted by Gasteiger charge is -2.05. The van der Waals surface area contributed by atoms with Crippen LogP contribution in [0.4, 0.5) is 5.69 Å². The van der Waals surface area contributed by atoms with Crippen LogP contribution in [0.3, 0.4) is 0 Å². The Balaban J connectivity index is 2.74. The molecule has 1 rings (SSSR count). The number of methoxy groups -OCH3 is 1. The maximum Gasteiger partial charge on any atom is 0.316 e. The number of nitro groups is 1. The number of carbonyl (C=O) groups excluding carboxylic acids is 1. The van der Waals surface area contributed by atoms with Crippen molar-refractivity contribution in [1.82, 2.24) is 0 Å². The van der Waals surface area contributed by atoms with Gasteiger partial charge in [0.15, 0.2) is 5.75 Å². The van der Waals surface area contributed by atoms with E-state index in [2.05, 4.69) is 0 Å². The molecule has 0 atom stereocenters. The number of carbonyl (C=O) groups is 1. The van der Waals surface area contributed by atoms with E-state index >= 15 is 0 Å². The molecule has 0 saturated carbocycles. The first-order valence-electron chi connectivity index (χ1n) is 5.19. The SMILES string of the molecule is CCOC(=O)CSc1ccc([N+](=O)[O-])c(OC)c1. The van der Waals surface area contributed by atoms with Crippen LogP contribution in [-0.4, -0.2) is 30.4 Å². The molecule has 0 aliphatic rings. The minimum atomic E-state index is -0.515. The summed E-state index contributed by atoms with van der Waals surface area (Å²) in [6.07, 6.45) is 0. The zero-order valence-electron chi connectivity index (χ0n) is 10.0. The third kappa shape index (κ3) is 3.92. The molecule has 18 heavy (non-hydrogen) atoms. The Morgan fingerprint density at radius 1 is 1.50 bits per heavy atom. The second kappa shape index (κ2) is 6.85. The third-order valence-electron chi connectivity index (χ3n) is 2.01. The van der Waals surface area contributed by atoms with Crippen molar-refractivity contribution < 1.29 is 19.2 Å². The molecule has 6 nitrogen and oxygen atoms in total. The number of benzene rings is 1. The normalized spacial score (nSPS) is 9.89. The Bertz CT molecular complexity index is 449. The second-order valence-electron chi connectivity index (χ2n) is 3.18. The van der Waals surface area contributed by atoms with E-state index in [0.717, 1.165) is 0 Å². The highest BCUT2D eigenvalue weighted by molar-refractivity contribution is 8.00. The van der Waals surface area contributed by atoms with Gasteiger partial charge >= 0.3 is 11.7 Å². The van der Waals surface area contributed by atoms with Crippen LogP contribution in [0.15, 0.2) is 23.1 Å². The van der Waals surface area contributed by atoms with Gasteiger partial charge in [-0.2, -0.15) is 0 Å². The monoisotopic (exact) mass is 271 g/mol. The summed E-state index contributed by atoms with van der Waals surface area (Å²) < 4.78 is 9.71. The molecule has 0 saturated heterocycles. The van der Waals surface area contributed by atoms with E-state index in [0.29, 0.717) is 11.5 Å². The minimum absolute atomic E-state index is 0.0991. The number of rotatable bonds is 6. The summed E-state index contributed by atoms with van der Waals surface area (Å²) in [6.45, 7) is 2.07. The van der Waals surface area contributed by atoms with Crippen molar-refractivity contribution in [3.05, 3.63) is 28.3 Å². The summed E-state index contributed by atoms with van der Waals surface area (Å²) >= 11 is 1.24. The first kappa shape index (κ1) is 14.3. The van der Waals surface area contributed by atoms with Crippen LogP contribution in [0, 0.1) is 10.1 Å². The van der Waals surface area contributed by atoms with Crippen molar-refractivity contribution in [1.29, 1.82) is 0 Å². The van der Waals surface area contributed by atoms with Crippen LogP contribution >= 0.6 is 11.8 Å². The Labute approximate surface area is 108 Å². The summed E-state index contributed by atoms with van der Waals surface area (Å²) in [5.41, 5.74) is -0.0991. The Kier molecular flexibility index (Phi) is 5.44. The van der Waals surface area contributed by atoms with Gasteiger partial charge in [0.2, 0.25) is 0 Å². The molecule has 0 aliphatic heterocycles. The molecule has 0 N–H and O–H groups in total. The number of nitro benzene ring substituents is 1. The lowest BCUT2D eigenvalue weighted by molar-refractivity contribution is -0.385. The van der Waals surface area contributed by atoms with E-state index in [1.165, 1.54) is 31.0 Å². The van der Waals surface area contributed by atoms with Crippen LogP contribution in [0.25, 0.3) is 0 Å². The van der Waals surface area contributed by atoms with Gasteiger partial charge in [0.1, 0.15) is 0 Å². The van der Waals surface area contributed by atoms with E-state index < -0.39 is 4.92 Å². The van der Waals surface area contributed by atoms with E-state index in [4.69, 9.17) is 9.47 Å². The lowest BCUT2D eigenvalue weighted by Crippen LogP contribution is -2.06. The van der Waals surface area contributed by atoms with Gasteiger partial charge in [0, 0.05) is 17.0 Å². The second-order valence-corrected chi connectivity index (χ2v) is 4.23. The third-order valence-corrected chi connectivity index (χ3v) is 2.98. The Morgan fingerprint density at radius 3 is 2.78 bits per heavy atom. The molecule has 0 bridgehead atoms. The fourth-order valence-corrected chi connectivity index (χ4v) is 1.97. The molecular formula is C11H13NO5S. The van der Waals surface area contributed by atoms with Crippen molar-refractivity contribution in [3.63, 3.8) is 0 Å². The number of ether oxygens (including phenoxy) is 2. The van der Waals surface area contributed by atoms with Gasteiger partial charge in [-0.15, -0.1) is 11.8 Å². The number of hydrogen-bond acceptors (Lipinski definition) is 6. The fraction of sp³-hybridized carbons (Fsp3) is 0.364. The average Bonchev–Trinajstić information content (AvgIpc) is 2.36. The van der Waals surface area contributed by atoms with Crippen LogP contribution in [0.1, 0.15) is 6.92 Å². The van der Waals surface area contributed by atoms with E-state index in [-0.39, 0.29) is 23.2 Å². The summed E-state index contributed by atoms with van der Waals surface area (Å²) in [4.78, 5) is 22.0. The smallest absolute Gasteiger partial charge is 0.316 e. The average molecular weight is 271 g/mol. The standard InChI is InChI=1S/C11H13NO5S/c1-3-17-11(13)7-18-8-4-5-9(12(14)15)10(6-8)16-2/h4-6H,3,7H2,1-2H3. The molecule has 0 aromatic heterocycles. The lowest BCUT2D eigenvalue weighted by atomic mass is 10.3. The molecule has 0 unspecified atom stereocenters. The van der Waals surface area contributed by atoms with E-state index in [1.807, 2.05) is 0 Å². The van der Waals surface area contributed by atoms with E-state index in [1.54, 1.807) is 13.0 Å². The van der Waals surface area contributed by atoms with Gasteiger partial charge < -0.3 is 9.47 Å². The van der Waals surface area contributed by atoms with Crippen molar-refractivity contribution >= 4 is 23.4 Å². The van der Waals surface area contributed by atoms with Gasteiger partial charge in [-0.25, -0.2) is 0 Å². The van der Waals surface area contributed by atoms with E-state index in [9.17, 15) is 14.9 Å². The number of esters is 1. The molecule has 0 heterocycles. The van der Waals surface area contributed by atoms with Gasteiger partial charge in [-0.3, -0.25) is 14.9 Å². The molecule has 0 amide bonds. The number of hydrogen-bond donors (Lipinski definition) is 0. The van der Waals surface area contributed by atoms with Crippen LogP contribution in [0.2, 0.25) is 0 Å². The number of thioether (sulfide) groups is 1. The molecule has 0 spiro atoms. The van der Waals surface area contributed by atoms with Crippen LogP contribution in [-0.2, 0) is 9.53 Å². The molecule has 7 heteroatoms. The largest absolute Gasteiger partial charge is 0.490 e. The zero-order valence-corrected chi connectivity index (χ0v) is 10.9. The first-order chi connectivity index (χ1) is 8.58. The molecule has 0 radical (unpaired) electrons. The quantitative estimate of drug-likeness (QED) is 0.342. The highest BCUT2D eigenvalue weighted by atomic mass is 32.2. The zero-order chi connectivity index (χ0) is 13.5. The maximum atomic E-state index is 11.2. The van der Waals surface area contributed by atoms with Gasteiger partial charge in [-0.05, 0) is 13.0 Å². The molecule has 1 aromatic rings. The summed E-state index contributed by atoms with van der Waals surface area (Å²) in [7, 11) is 1.36. The predicted molar refractivity (Wildman–Crippen MR) is 67.0 cm³/mol. The maximum absolute atomic E-state index is 11.2. The molecule has 0 fully saturated rings. The Hall–Kier alpha value is -1.76. The topological polar surface area (TPSA) is 78.7 Å². The van der Waals surface area contributed by atoms with Crippen LogP contribution < -0.4 is 4.74 Å². The highest BCUT2D eigenvalue weighted by Gasteiger charge is 2.15.